The number of carbonyl (C=O) groups excluding carboxylic acids is 2. The third-order valence-corrected chi connectivity index (χ3v) is 5.14. The Bertz CT molecular complexity index is 1030. The van der Waals surface area contributed by atoms with Crippen molar-refractivity contribution in [1.29, 1.82) is 0 Å². The third kappa shape index (κ3) is 4.57. The van der Waals surface area contributed by atoms with Crippen molar-refractivity contribution in [3.05, 3.63) is 54.1 Å². The summed E-state index contributed by atoms with van der Waals surface area (Å²) in [4.78, 5) is 24.2. The molecule has 3 aromatic rings. The van der Waals surface area contributed by atoms with Gasteiger partial charge in [0.05, 0.1) is 36.8 Å². The number of aromatic nitrogens is 3. The van der Waals surface area contributed by atoms with E-state index < -0.39 is 5.97 Å². The van der Waals surface area contributed by atoms with E-state index in [1.807, 2.05) is 31.3 Å². The van der Waals surface area contributed by atoms with Crippen molar-refractivity contribution in [1.82, 2.24) is 14.8 Å². The molecule has 0 saturated heterocycles. The largest absolute Gasteiger partial charge is 0.496 e. The lowest BCUT2D eigenvalue weighted by atomic mass is 10.2. The highest BCUT2D eigenvalue weighted by Gasteiger charge is 2.17. The van der Waals surface area contributed by atoms with Gasteiger partial charge in [0.1, 0.15) is 5.75 Å². The number of amides is 1. The second-order valence-corrected chi connectivity index (χ2v) is 6.88. The Balaban J connectivity index is 1.69. The van der Waals surface area contributed by atoms with Crippen molar-refractivity contribution in [3.63, 3.8) is 0 Å². The van der Waals surface area contributed by atoms with Crippen LogP contribution in [0.1, 0.15) is 10.4 Å². The summed E-state index contributed by atoms with van der Waals surface area (Å²) in [5.74, 6) is 0.655. The maximum Gasteiger partial charge on any atom is 0.339 e. The molecule has 0 fully saturated rings. The number of nitrogens with one attached hydrogen (secondary N) is 1. The van der Waals surface area contributed by atoms with Gasteiger partial charge >= 0.3 is 5.97 Å². The molecule has 0 aliphatic carbocycles. The summed E-state index contributed by atoms with van der Waals surface area (Å²) in [6.45, 7) is 0. The minimum Gasteiger partial charge on any atom is -0.496 e. The van der Waals surface area contributed by atoms with Gasteiger partial charge in [-0.05, 0) is 24.3 Å². The molecule has 0 radical (unpaired) electrons. The zero-order valence-electron chi connectivity index (χ0n) is 16.2. The average Bonchev–Trinajstić information content (AvgIpc) is 3.12. The second kappa shape index (κ2) is 9.24. The van der Waals surface area contributed by atoms with E-state index in [9.17, 15) is 9.59 Å². The molecule has 0 aliphatic heterocycles. The first-order chi connectivity index (χ1) is 14.0. The highest BCUT2D eigenvalue weighted by atomic mass is 32.2. The zero-order chi connectivity index (χ0) is 20.8. The zero-order valence-corrected chi connectivity index (χ0v) is 17.0. The van der Waals surface area contributed by atoms with Gasteiger partial charge in [0.15, 0.2) is 11.0 Å². The molecule has 1 N–H and O–H groups in total. The van der Waals surface area contributed by atoms with Crippen molar-refractivity contribution in [3.8, 4) is 17.1 Å². The molecule has 0 aliphatic rings. The van der Waals surface area contributed by atoms with Gasteiger partial charge in [0, 0.05) is 7.05 Å². The molecular formula is C20H20N4O4S. The minimum atomic E-state index is -0.511. The number of hydrogen-bond acceptors (Lipinski definition) is 7. The number of nitrogens with zero attached hydrogens (tertiary/aromatic N) is 3. The Morgan fingerprint density at radius 2 is 1.79 bits per heavy atom. The topological polar surface area (TPSA) is 95.3 Å². The van der Waals surface area contributed by atoms with Crippen molar-refractivity contribution < 1.29 is 19.1 Å². The molecule has 3 rings (SSSR count). The Kier molecular flexibility index (Phi) is 6.50. The maximum absolute atomic E-state index is 12.4. The van der Waals surface area contributed by atoms with Crippen LogP contribution in [-0.4, -0.2) is 46.6 Å². The molecule has 0 spiro atoms. The fraction of sp³-hybridized carbons (Fsp3) is 0.200. The highest BCUT2D eigenvalue weighted by Crippen LogP contribution is 2.30. The van der Waals surface area contributed by atoms with E-state index in [4.69, 9.17) is 9.47 Å². The van der Waals surface area contributed by atoms with Crippen LogP contribution in [0, 0.1) is 0 Å². The van der Waals surface area contributed by atoms with Crippen LogP contribution in [0.2, 0.25) is 0 Å². The standard InChI is InChI=1S/C20H20N4O4S/c1-24-18(14-9-5-7-11-16(14)27-2)22-23-20(24)29-12-17(25)21-15-10-6-4-8-13(15)19(26)28-3/h4-11H,12H2,1-3H3,(H,21,25). The van der Waals surface area contributed by atoms with E-state index in [1.54, 1.807) is 35.9 Å². The number of carbonyl (C=O) groups is 2. The predicted octanol–water partition coefficient (Wildman–Crippen LogP) is 3.01. The fourth-order valence-electron chi connectivity index (χ4n) is 2.70. The summed E-state index contributed by atoms with van der Waals surface area (Å²) in [7, 11) is 4.72. The minimum absolute atomic E-state index is 0.105. The highest BCUT2D eigenvalue weighted by molar-refractivity contribution is 7.99. The average molecular weight is 412 g/mol. The van der Waals surface area contributed by atoms with E-state index in [-0.39, 0.29) is 11.7 Å². The summed E-state index contributed by atoms with van der Waals surface area (Å²) in [6, 6.07) is 14.2. The van der Waals surface area contributed by atoms with Gasteiger partial charge in [-0.1, -0.05) is 36.0 Å². The molecule has 9 heteroatoms. The molecule has 0 unspecified atom stereocenters. The van der Waals surface area contributed by atoms with Crippen LogP contribution in [0.5, 0.6) is 5.75 Å². The van der Waals surface area contributed by atoms with Gasteiger partial charge in [0.2, 0.25) is 5.91 Å². The van der Waals surface area contributed by atoms with Crippen LogP contribution in [0.3, 0.4) is 0 Å². The van der Waals surface area contributed by atoms with Crippen molar-refractivity contribution >= 4 is 29.3 Å². The van der Waals surface area contributed by atoms with Crippen LogP contribution in [0.15, 0.2) is 53.7 Å². The Morgan fingerprint density at radius 3 is 2.55 bits per heavy atom. The van der Waals surface area contributed by atoms with E-state index >= 15 is 0 Å². The Hall–Kier alpha value is -3.33. The molecule has 1 aromatic heterocycles. The maximum atomic E-state index is 12.4. The van der Waals surface area contributed by atoms with Crippen LogP contribution >= 0.6 is 11.8 Å². The Labute approximate surface area is 172 Å². The van der Waals surface area contributed by atoms with Crippen molar-refractivity contribution in [2.45, 2.75) is 5.16 Å². The summed E-state index contributed by atoms with van der Waals surface area (Å²) in [6.07, 6.45) is 0. The molecule has 8 nitrogen and oxygen atoms in total. The van der Waals surface area contributed by atoms with Crippen molar-refractivity contribution in [2.75, 3.05) is 25.3 Å². The van der Waals surface area contributed by atoms with E-state index in [0.29, 0.717) is 28.0 Å². The molecule has 0 atom stereocenters. The van der Waals surface area contributed by atoms with Gasteiger partial charge in [-0.2, -0.15) is 0 Å². The van der Waals surface area contributed by atoms with E-state index in [0.717, 1.165) is 5.56 Å². The molecule has 150 valence electrons. The van der Waals surface area contributed by atoms with Gasteiger partial charge in [-0.15, -0.1) is 10.2 Å². The number of rotatable bonds is 7. The number of benzene rings is 2. The molecule has 1 heterocycles. The fourth-order valence-corrected chi connectivity index (χ4v) is 3.41. The number of anilines is 1. The van der Waals surface area contributed by atoms with Gasteiger partial charge in [-0.3, -0.25) is 4.79 Å². The normalized spacial score (nSPS) is 10.4. The van der Waals surface area contributed by atoms with Crippen molar-refractivity contribution in [2.24, 2.45) is 7.05 Å². The molecule has 29 heavy (non-hydrogen) atoms. The Morgan fingerprint density at radius 1 is 1.07 bits per heavy atom. The van der Waals surface area contributed by atoms with Gasteiger partial charge in [0.25, 0.3) is 0 Å². The smallest absolute Gasteiger partial charge is 0.339 e. The summed E-state index contributed by atoms with van der Waals surface area (Å²) in [5, 5.41) is 11.7. The molecular weight excluding hydrogens is 392 g/mol. The monoisotopic (exact) mass is 412 g/mol. The third-order valence-electron chi connectivity index (χ3n) is 4.12. The number of para-hydroxylation sites is 2. The quantitative estimate of drug-likeness (QED) is 0.471. The summed E-state index contributed by atoms with van der Waals surface area (Å²) in [5.41, 5.74) is 1.51. The number of esters is 1. The van der Waals surface area contributed by atoms with Gasteiger partial charge in [-0.25, -0.2) is 4.79 Å². The second-order valence-electron chi connectivity index (χ2n) is 5.94. The van der Waals surface area contributed by atoms with E-state index in [1.165, 1.54) is 18.9 Å². The van der Waals surface area contributed by atoms with E-state index in [2.05, 4.69) is 15.5 Å². The SMILES string of the molecule is COC(=O)c1ccccc1NC(=O)CSc1nnc(-c2ccccc2OC)n1C. The van der Waals surface area contributed by atoms with Crippen LogP contribution < -0.4 is 10.1 Å². The predicted molar refractivity (Wildman–Crippen MR) is 110 cm³/mol. The summed E-state index contributed by atoms with van der Waals surface area (Å²) >= 11 is 1.24. The number of ether oxygens (including phenoxy) is 2. The van der Waals surface area contributed by atoms with Gasteiger partial charge < -0.3 is 19.4 Å². The molecule has 0 saturated carbocycles. The molecule has 1 amide bonds. The molecule has 2 aromatic carbocycles. The first-order valence-electron chi connectivity index (χ1n) is 8.68. The lowest BCUT2D eigenvalue weighted by Gasteiger charge is -2.10. The summed E-state index contributed by atoms with van der Waals surface area (Å²) < 4.78 is 11.9. The first kappa shape index (κ1) is 20.4. The number of methoxy groups -OCH3 is 2. The lowest BCUT2D eigenvalue weighted by Crippen LogP contribution is -2.17. The molecule has 0 bridgehead atoms. The van der Waals surface area contributed by atoms with Crippen LogP contribution in [0.25, 0.3) is 11.4 Å². The first-order valence-corrected chi connectivity index (χ1v) is 9.66. The van der Waals surface area contributed by atoms with Crippen LogP contribution in [0.4, 0.5) is 5.69 Å². The number of thioether (sulfide) groups is 1. The lowest BCUT2D eigenvalue weighted by molar-refractivity contribution is -0.113. The van der Waals surface area contributed by atoms with Crippen LogP contribution in [-0.2, 0) is 16.6 Å². The number of hydrogen-bond donors (Lipinski definition) is 1.